The number of hydrogen-bond donors (Lipinski definition) is 2. The Balaban J connectivity index is 0.818. The smallest absolute Gasteiger partial charge is 0.245 e. The van der Waals surface area contributed by atoms with E-state index in [9.17, 15) is 9.59 Å². The number of imidazole rings is 2. The van der Waals surface area contributed by atoms with Gasteiger partial charge in [0.15, 0.2) is 0 Å². The number of benzene rings is 4. The number of rotatable bonds is 11. The number of alkyl halides is 2. The fourth-order valence-corrected chi connectivity index (χ4v) is 10.5. The molecule has 64 heavy (non-hydrogen) atoms. The topological polar surface area (TPSA) is 104 Å². The van der Waals surface area contributed by atoms with Gasteiger partial charge in [-0.1, -0.05) is 122 Å². The molecule has 6 heterocycles. The number of piperidine rings is 2. The molecule has 4 aliphatic heterocycles. The highest BCUT2D eigenvalue weighted by Gasteiger charge is 2.44. The summed E-state index contributed by atoms with van der Waals surface area (Å²) in [6.45, 7) is 3.50. The fourth-order valence-electron chi connectivity index (χ4n) is 10.5. The molecule has 2 N–H and O–H groups in total. The first kappa shape index (κ1) is 42.0. The van der Waals surface area contributed by atoms with Crippen molar-refractivity contribution in [2.75, 3.05) is 39.3 Å². The van der Waals surface area contributed by atoms with Crippen molar-refractivity contribution in [2.24, 2.45) is 0 Å². The Morgan fingerprint density at radius 1 is 0.500 bits per heavy atom. The molecular formula is C52H56F2N8O2. The lowest BCUT2D eigenvalue weighted by Crippen LogP contribution is -2.45. The average molecular weight is 863 g/mol. The van der Waals surface area contributed by atoms with Crippen molar-refractivity contribution in [1.82, 2.24) is 39.5 Å². The molecule has 10 nitrogen and oxygen atoms in total. The molecule has 2 aromatic heterocycles. The molecule has 0 spiro atoms. The van der Waals surface area contributed by atoms with Crippen LogP contribution in [0.15, 0.2) is 122 Å². The van der Waals surface area contributed by atoms with Crippen LogP contribution in [0.1, 0.15) is 98.3 Å². The maximum atomic E-state index is 15.2. The third kappa shape index (κ3) is 8.65. The second kappa shape index (κ2) is 18.6. The minimum Gasteiger partial charge on any atom is -0.340 e. The summed E-state index contributed by atoms with van der Waals surface area (Å²) in [5.74, 6) is 1.06. The van der Waals surface area contributed by atoms with Gasteiger partial charge in [0.2, 0.25) is 11.8 Å². The van der Waals surface area contributed by atoms with Gasteiger partial charge in [0.25, 0.3) is 0 Å². The van der Waals surface area contributed by atoms with E-state index in [2.05, 4.69) is 44.0 Å². The van der Waals surface area contributed by atoms with E-state index in [1.54, 1.807) is 22.2 Å². The van der Waals surface area contributed by atoms with Crippen LogP contribution in [0.5, 0.6) is 0 Å². The minimum absolute atomic E-state index is 0.0555. The van der Waals surface area contributed by atoms with Crippen LogP contribution >= 0.6 is 0 Å². The number of likely N-dealkylation sites (tertiary alicyclic amines) is 4. The first-order valence-corrected chi connectivity index (χ1v) is 23.2. The minimum atomic E-state index is -1.12. The van der Waals surface area contributed by atoms with Crippen LogP contribution in [0.3, 0.4) is 0 Å². The Morgan fingerprint density at radius 3 is 1.23 bits per heavy atom. The van der Waals surface area contributed by atoms with Crippen LogP contribution in [0, 0.1) is 0 Å². The molecule has 0 bridgehead atoms. The molecule has 4 aromatic carbocycles. The van der Waals surface area contributed by atoms with E-state index < -0.39 is 36.5 Å². The summed E-state index contributed by atoms with van der Waals surface area (Å²) < 4.78 is 30.4. The molecule has 6 aromatic rings. The van der Waals surface area contributed by atoms with Crippen molar-refractivity contribution in [2.45, 2.75) is 87.9 Å². The number of amides is 2. The predicted molar refractivity (Wildman–Crippen MR) is 244 cm³/mol. The van der Waals surface area contributed by atoms with Gasteiger partial charge in [0.05, 0.1) is 49.0 Å². The summed E-state index contributed by atoms with van der Waals surface area (Å²) in [4.78, 5) is 53.0. The lowest BCUT2D eigenvalue weighted by Gasteiger charge is -2.37. The van der Waals surface area contributed by atoms with Gasteiger partial charge in [-0.3, -0.25) is 19.4 Å². The highest BCUT2D eigenvalue weighted by Crippen LogP contribution is 2.40. The molecule has 2 unspecified atom stereocenters. The lowest BCUT2D eigenvalue weighted by atomic mass is 10.00. The monoisotopic (exact) mass is 862 g/mol. The van der Waals surface area contributed by atoms with Crippen molar-refractivity contribution >= 4 is 11.8 Å². The van der Waals surface area contributed by atoms with Crippen LogP contribution < -0.4 is 0 Å². The normalized spacial score (nSPS) is 23.0. The zero-order valence-corrected chi connectivity index (χ0v) is 36.2. The van der Waals surface area contributed by atoms with E-state index in [0.29, 0.717) is 11.6 Å². The summed E-state index contributed by atoms with van der Waals surface area (Å²) >= 11 is 0. The van der Waals surface area contributed by atoms with Gasteiger partial charge in [-0.05, 0) is 85.2 Å². The number of carbonyl (C=O) groups is 2. The molecular weight excluding hydrogens is 807 g/mol. The van der Waals surface area contributed by atoms with E-state index in [-0.39, 0.29) is 37.7 Å². The zero-order valence-electron chi connectivity index (χ0n) is 36.2. The van der Waals surface area contributed by atoms with Gasteiger partial charge >= 0.3 is 0 Å². The first-order chi connectivity index (χ1) is 31.4. The number of carbonyl (C=O) groups excluding carboxylic acids is 2. The zero-order chi connectivity index (χ0) is 43.6. The maximum Gasteiger partial charge on any atom is 0.245 e. The number of halogens is 2. The van der Waals surface area contributed by atoms with Crippen LogP contribution in [0.2, 0.25) is 0 Å². The lowest BCUT2D eigenvalue weighted by molar-refractivity contribution is -0.139. The molecule has 0 radical (unpaired) electrons. The third-order valence-corrected chi connectivity index (χ3v) is 13.8. The fraction of sp³-hybridized carbons (Fsp3) is 0.385. The molecule has 10 rings (SSSR count). The standard InChI is InChI=1S/C52H56F2N8O2/c53-41-29-45(61(33-41)51(63)47(39-13-5-1-6-14-39)59-25-9-3-10-26-59)49-55-31-43(57-49)37-21-17-35(18-22-37)36-19-23-38(24-20-36)44-32-56-50(58-44)46-30-42(54)34-62(46)52(64)48(40-15-7-2-8-16-40)60-27-11-4-12-28-60/h1-2,5-8,13-24,31-32,41-42,45-48H,3-4,9-12,25-30,33-34H2,(H,55,57)(H,56,58)/t41-,42-,45?,46?,47+,48+/m0/s1. The van der Waals surface area contributed by atoms with Gasteiger partial charge < -0.3 is 19.8 Å². The Morgan fingerprint density at radius 2 is 0.859 bits per heavy atom. The third-order valence-electron chi connectivity index (χ3n) is 13.8. The summed E-state index contributed by atoms with van der Waals surface area (Å²) in [6, 6.07) is 34.4. The largest absolute Gasteiger partial charge is 0.340 e. The van der Waals surface area contributed by atoms with Gasteiger partial charge in [-0.25, -0.2) is 18.7 Å². The highest BCUT2D eigenvalue weighted by molar-refractivity contribution is 5.85. The summed E-state index contributed by atoms with van der Waals surface area (Å²) in [5.41, 5.74) is 7.45. The predicted octanol–water partition coefficient (Wildman–Crippen LogP) is 9.81. The average Bonchev–Trinajstić information content (AvgIpc) is 4.18. The summed E-state index contributed by atoms with van der Waals surface area (Å²) in [7, 11) is 0. The van der Waals surface area contributed by atoms with E-state index in [0.717, 1.165) is 109 Å². The Hall–Kier alpha value is -5.98. The molecule has 2 amide bonds. The summed E-state index contributed by atoms with van der Waals surface area (Å²) in [6.07, 6.45) is 8.23. The molecule has 330 valence electrons. The highest BCUT2D eigenvalue weighted by atomic mass is 19.1. The van der Waals surface area contributed by atoms with Crippen LogP contribution in [-0.2, 0) is 9.59 Å². The number of nitrogens with zero attached hydrogens (tertiary/aromatic N) is 6. The van der Waals surface area contributed by atoms with Gasteiger partial charge in [-0.2, -0.15) is 0 Å². The Labute approximate surface area is 373 Å². The van der Waals surface area contributed by atoms with Crippen LogP contribution in [-0.4, -0.2) is 103 Å². The maximum absolute atomic E-state index is 15.2. The van der Waals surface area contributed by atoms with E-state index in [4.69, 9.17) is 9.97 Å². The van der Waals surface area contributed by atoms with E-state index >= 15 is 8.78 Å². The molecule has 4 saturated heterocycles. The van der Waals surface area contributed by atoms with Gasteiger partial charge in [-0.15, -0.1) is 0 Å². The SMILES string of the molecule is O=C([C@@H](c1ccccc1)N1CCCCC1)N1C[C@@H](F)CC1c1ncc(-c2ccc(-c3ccc(-c4cnc(C5C[C@H](F)CN5C(=O)[C@@H](c5ccccc5)N5CCCCC5)[nH]4)cc3)cc2)[nH]1. The molecule has 12 heteroatoms. The van der Waals surface area contributed by atoms with Crippen molar-refractivity contribution in [3.63, 3.8) is 0 Å². The van der Waals surface area contributed by atoms with Crippen LogP contribution in [0.25, 0.3) is 33.6 Å². The number of aromatic nitrogens is 4. The number of H-pyrrole nitrogens is 2. The summed E-state index contributed by atoms with van der Waals surface area (Å²) in [5, 5.41) is 0. The van der Waals surface area contributed by atoms with E-state index in [1.165, 1.54) is 0 Å². The molecule has 4 aliphatic rings. The second-order valence-electron chi connectivity index (χ2n) is 18.0. The number of hydrogen-bond acceptors (Lipinski definition) is 6. The number of nitrogens with one attached hydrogen (secondary N) is 2. The molecule has 0 aliphatic carbocycles. The van der Waals surface area contributed by atoms with Crippen molar-refractivity contribution in [3.05, 3.63) is 144 Å². The molecule has 0 saturated carbocycles. The Kier molecular flexibility index (Phi) is 12.2. The van der Waals surface area contributed by atoms with Crippen molar-refractivity contribution < 1.29 is 18.4 Å². The van der Waals surface area contributed by atoms with Gasteiger partial charge in [0.1, 0.15) is 36.1 Å². The number of aromatic amines is 2. The van der Waals surface area contributed by atoms with E-state index in [1.807, 2.05) is 84.9 Å². The van der Waals surface area contributed by atoms with Crippen LogP contribution in [0.4, 0.5) is 8.78 Å². The first-order valence-electron chi connectivity index (χ1n) is 23.2. The molecule has 4 fully saturated rings. The second-order valence-corrected chi connectivity index (χ2v) is 18.0. The van der Waals surface area contributed by atoms with Crippen molar-refractivity contribution in [3.8, 4) is 33.6 Å². The quantitative estimate of drug-likeness (QED) is 0.135. The Bertz CT molecular complexity index is 2320. The van der Waals surface area contributed by atoms with Gasteiger partial charge in [0, 0.05) is 12.8 Å². The molecule has 6 atom stereocenters. The van der Waals surface area contributed by atoms with Crippen molar-refractivity contribution in [1.29, 1.82) is 0 Å².